The number of halogens is 1. The molecular formula is C11H10BFN2O2. The number of rotatable bonds is 2. The second-order valence-electron chi connectivity index (χ2n) is 3.58. The number of nitrogens with zero attached hydrogens (tertiary/aromatic N) is 1. The van der Waals surface area contributed by atoms with Gasteiger partial charge in [0.1, 0.15) is 11.6 Å². The Morgan fingerprint density at radius 1 is 1.18 bits per heavy atom. The maximum atomic E-state index is 13.7. The fourth-order valence-corrected chi connectivity index (χ4v) is 1.49. The average molecular weight is 232 g/mol. The van der Waals surface area contributed by atoms with E-state index >= 15 is 0 Å². The molecule has 1 aromatic heterocycles. The fourth-order valence-electron chi connectivity index (χ4n) is 1.49. The van der Waals surface area contributed by atoms with Crippen LogP contribution >= 0.6 is 0 Å². The highest BCUT2D eigenvalue weighted by atomic mass is 19.1. The highest BCUT2D eigenvalue weighted by Gasteiger charge is 2.14. The van der Waals surface area contributed by atoms with E-state index < -0.39 is 12.9 Å². The van der Waals surface area contributed by atoms with Crippen LogP contribution in [0, 0.1) is 5.82 Å². The van der Waals surface area contributed by atoms with Crippen LogP contribution in [0.5, 0.6) is 0 Å². The number of aromatic nitrogens is 1. The molecule has 86 valence electrons. The maximum absolute atomic E-state index is 13.7. The summed E-state index contributed by atoms with van der Waals surface area (Å²) in [5.74, 6) is -0.182. The number of benzene rings is 1. The summed E-state index contributed by atoms with van der Waals surface area (Å²) in [6, 6.07) is 7.21. The van der Waals surface area contributed by atoms with Crippen LogP contribution in [0.4, 0.5) is 10.2 Å². The normalized spacial score (nSPS) is 10.3. The zero-order chi connectivity index (χ0) is 12.4. The standard InChI is InChI=1S/C11H10BFN2O2/c13-10-5-8(12(16)17)2-3-9(10)7-1-4-11(14)15-6-7/h1-6,16-17H,(H2,14,15). The topological polar surface area (TPSA) is 79.4 Å². The van der Waals surface area contributed by atoms with Gasteiger partial charge in [-0.25, -0.2) is 9.37 Å². The molecule has 1 aromatic carbocycles. The molecule has 0 amide bonds. The molecule has 17 heavy (non-hydrogen) atoms. The molecule has 0 unspecified atom stereocenters. The van der Waals surface area contributed by atoms with Crippen LogP contribution in [0.1, 0.15) is 0 Å². The van der Waals surface area contributed by atoms with Crippen molar-refractivity contribution in [1.29, 1.82) is 0 Å². The molecule has 4 nitrogen and oxygen atoms in total. The van der Waals surface area contributed by atoms with Crippen LogP contribution < -0.4 is 11.2 Å². The molecule has 0 aliphatic carbocycles. The van der Waals surface area contributed by atoms with Crippen molar-refractivity contribution < 1.29 is 14.4 Å². The Kier molecular flexibility index (Phi) is 3.08. The summed E-state index contributed by atoms with van der Waals surface area (Å²) in [5, 5.41) is 17.8. The minimum absolute atomic E-state index is 0.106. The predicted octanol–water partition coefficient (Wildman–Crippen LogP) is 0.150. The van der Waals surface area contributed by atoms with E-state index in [4.69, 9.17) is 15.8 Å². The Labute approximate surface area is 97.7 Å². The third kappa shape index (κ3) is 2.43. The highest BCUT2D eigenvalue weighted by molar-refractivity contribution is 6.58. The maximum Gasteiger partial charge on any atom is 0.488 e. The number of nitrogens with two attached hydrogens (primary N) is 1. The first-order chi connectivity index (χ1) is 8.08. The first-order valence-electron chi connectivity index (χ1n) is 4.95. The molecule has 6 heteroatoms. The van der Waals surface area contributed by atoms with Gasteiger partial charge in [0, 0.05) is 17.3 Å². The van der Waals surface area contributed by atoms with Crippen LogP contribution in [0.25, 0.3) is 11.1 Å². The molecule has 0 radical (unpaired) electrons. The Balaban J connectivity index is 2.43. The Hall–Kier alpha value is -1.92. The largest absolute Gasteiger partial charge is 0.488 e. The number of anilines is 1. The van der Waals surface area contributed by atoms with Crippen molar-refractivity contribution in [2.75, 3.05) is 5.73 Å². The van der Waals surface area contributed by atoms with E-state index in [2.05, 4.69) is 4.98 Å². The zero-order valence-electron chi connectivity index (χ0n) is 8.84. The second kappa shape index (κ2) is 4.53. The minimum Gasteiger partial charge on any atom is -0.423 e. The van der Waals surface area contributed by atoms with E-state index in [9.17, 15) is 4.39 Å². The first-order valence-corrected chi connectivity index (χ1v) is 4.95. The lowest BCUT2D eigenvalue weighted by molar-refractivity contribution is 0.425. The van der Waals surface area contributed by atoms with Gasteiger partial charge in [0.15, 0.2) is 0 Å². The summed E-state index contributed by atoms with van der Waals surface area (Å²) in [4.78, 5) is 3.87. The van der Waals surface area contributed by atoms with Gasteiger partial charge in [-0.05, 0) is 23.7 Å². The molecule has 0 aliphatic rings. The lowest BCUT2D eigenvalue weighted by Gasteiger charge is -2.06. The molecule has 0 spiro atoms. The van der Waals surface area contributed by atoms with E-state index in [1.54, 1.807) is 12.1 Å². The molecule has 0 saturated carbocycles. The Morgan fingerprint density at radius 2 is 1.94 bits per heavy atom. The van der Waals surface area contributed by atoms with Crippen LogP contribution in [-0.4, -0.2) is 22.2 Å². The van der Waals surface area contributed by atoms with Crippen LogP contribution in [-0.2, 0) is 0 Å². The minimum atomic E-state index is -1.68. The summed E-state index contributed by atoms with van der Waals surface area (Å²) in [7, 11) is -1.68. The van der Waals surface area contributed by atoms with Gasteiger partial charge in [0.25, 0.3) is 0 Å². The van der Waals surface area contributed by atoms with E-state index in [0.717, 1.165) is 6.07 Å². The van der Waals surface area contributed by atoms with Crippen molar-refractivity contribution >= 4 is 18.4 Å². The summed E-state index contributed by atoms with van der Waals surface area (Å²) in [6.07, 6.45) is 1.46. The highest BCUT2D eigenvalue weighted by Crippen LogP contribution is 2.21. The van der Waals surface area contributed by atoms with Crippen molar-refractivity contribution in [1.82, 2.24) is 4.98 Å². The van der Waals surface area contributed by atoms with Gasteiger partial charge in [-0.2, -0.15) is 0 Å². The van der Waals surface area contributed by atoms with Crippen molar-refractivity contribution in [3.63, 3.8) is 0 Å². The van der Waals surface area contributed by atoms with Gasteiger partial charge in [-0.1, -0.05) is 12.1 Å². The molecule has 0 atom stereocenters. The van der Waals surface area contributed by atoms with Gasteiger partial charge in [0.05, 0.1) is 0 Å². The van der Waals surface area contributed by atoms with Crippen LogP contribution in [0.3, 0.4) is 0 Å². The van der Waals surface area contributed by atoms with Crippen molar-refractivity contribution in [3.8, 4) is 11.1 Å². The van der Waals surface area contributed by atoms with Gasteiger partial charge >= 0.3 is 7.12 Å². The lowest BCUT2D eigenvalue weighted by Crippen LogP contribution is -2.29. The van der Waals surface area contributed by atoms with Crippen LogP contribution in [0.2, 0.25) is 0 Å². The third-order valence-electron chi connectivity index (χ3n) is 2.39. The van der Waals surface area contributed by atoms with E-state index in [1.807, 2.05) is 0 Å². The van der Waals surface area contributed by atoms with Crippen molar-refractivity contribution in [2.24, 2.45) is 0 Å². The quantitative estimate of drug-likeness (QED) is 0.644. The van der Waals surface area contributed by atoms with Crippen LogP contribution in [0.15, 0.2) is 36.5 Å². The molecule has 2 rings (SSSR count). The molecule has 1 heterocycles. The van der Waals surface area contributed by atoms with Gasteiger partial charge in [-0.15, -0.1) is 0 Å². The smallest absolute Gasteiger partial charge is 0.423 e. The lowest BCUT2D eigenvalue weighted by atomic mass is 9.79. The summed E-state index contributed by atoms with van der Waals surface area (Å²) < 4.78 is 13.7. The zero-order valence-corrected chi connectivity index (χ0v) is 8.84. The van der Waals surface area contributed by atoms with E-state index in [0.29, 0.717) is 16.9 Å². The molecule has 4 N–H and O–H groups in total. The fraction of sp³-hybridized carbons (Fsp3) is 0. The summed E-state index contributed by atoms with van der Waals surface area (Å²) >= 11 is 0. The molecule has 2 aromatic rings. The Bertz CT molecular complexity index is 531. The molecule has 0 bridgehead atoms. The molecule has 0 saturated heterocycles. The molecular weight excluding hydrogens is 222 g/mol. The predicted molar refractivity (Wildman–Crippen MR) is 63.9 cm³/mol. The van der Waals surface area contributed by atoms with E-state index in [1.165, 1.54) is 18.3 Å². The molecule has 0 fully saturated rings. The third-order valence-corrected chi connectivity index (χ3v) is 2.39. The number of hydrogen-bond donors (Lipinski definition) is 3. The Morgan fingerprint density at radius 3 is 2.47 bits per heavy atom. The number of nitrogen functional groups attached to an aromatic ring is 1. The van der Waals surface area contributed by atoms with Gasteiger partial charge < -0.3 is 15.8 Å². The summed E-state index contributed by atoms with van der Waals surface area (Å²) in [6.45, 7) is 0. The van der Waals surface area contributed by atoms with Crippen molar-refractivity contribution in [3.05, 3.63) is 42.3 Å². The number of pyridine rings is 1. The van der Waals surface area contributed by atoms with Crippen molar-refractivity contribution in [2.45, 2.75) is 0 Å². The first kappa shape index (κ1) is 11.6. The number of hydrogen-bond acceptors (Lipinski definition) is 4. The summed E-state index contributed by atoms with van der Waals surface area (Å²) in [5.41, 5.74) is 6.46. The van der Waals surface area contributed by atoms with E-state index in [-0.39, 0.29) is 5.46 Å². The van der Waals surface area contributed by atoms with Gasteiger partial charge in [0.2, 0.25) is 0 Å². The van der Waals surface area contributed by atoms with Gasteiger partial charge in [-0.3, -0.25) is 0 Å². The second-order valence-corrected chi connectivity index (χ2v) is 3.58. The SMILES string of the molecule is Nc1ccc(-c2ccc(B(O)O)cc2F)cn1. The molecule has 0 aliphatic heterocycles. The average Bonchev–Trinajstić information content (AvgIpc) is 2.30. The monoisotopic (exact) mass is 232 g/mol.